The molecule has 1 N–H and O–H groups in total. The predicted octanol–water partition coefficient (Wildman–Crippen LogP) is 3.27. The Morgan fingerprint density at radius 3 is 2.68 bits per heavy atom. The smallest absolute Gasteiger partial charge is 0.290 e. The number of hydrogen-bond donors (Lipinski definition) is 1. The molecule has 0 radical (unpaired) electrons. The Bertz CT molecular complexity index is 972. The van der Waals surface area contributed by atoms with Crippen LogP contribution in [0.1, 0.15) is 68.9 Å². The summed E-state index contributed by atoms with van der Waals surface area (Å²) in [6, 6.07) is 7.95. The predicted molar refractivity (Wildman–Crippen MR) is 118 cm³/mol. The van der Waals surface area contributed by atoms with Crippen LogP contribution < -0.4 is 5.32 Å². The van der Waals surface area contributed by atoms with Crippen LogP contribution in [0.25, 0.3) is 11.0 Å². The van der Waals surface area contributed by atoms with Gasteiger partial charge in [-0.05, 0) is 44.7 Å². The summed E-state index contributed by atoms with van der Waals surface area (Å²) in [5.74, 6) is 0.171. The number of ether oxygens (including phenoxy) is 1. The third kappa shape index (κ3) is 3.73. The molecule has 0 unspecified atom stereocenters. The molecule has 7 nitrogen and oxygen atoms in total. The van der Waals surface area contributed by atoms with Crippen LogP contribution in [0.4, 0.5) is 0 Å². The molecule has 2 atom stereocenters. The fourth-order valence-electron chi connectivity index (χ4n) is 5.37. The lowest BCUT2D eigenvalue weighted by atomic mass is 9.93. The Balaban J connectivity index is 1.49. The second-order valence-electron chi connectivity index (χ2n) is 9.50. The summed E-state index contributed by atoms with van der Waals surface area (Å²) < 4.78 is 7.76. The molecule has 0 spiro atoms. The van der Waals surface area contributed by atoms with Crippen LogP contribution in [0.15, 0.2) is 24.3 Å². The third-order valence-corrected chi connectivity index (χ3v) is 7.24. The van der Waals surface area contributed by atoms with Crippen LogP contribution in [0, 0.1) is 0 Å². The van der Waals surface area contributed by atoms with Gasteiger partial charge in [-0.15, -0.1) is 0 Å². The summed E-state index contributed by atoms with van der Waals surface area (Å²) in [6.07, 6.45) is 8.69. The summed E-state index contributed by atoms with van der Waals surface area (Å²) >= 11 is 0. The van der Waals surface area contributed by atoms with Crippen molar-refractivity contribution >= 4 is 22.8 Å². The summed E-state index contributed by atoms with van der Waals surface area (Å²) in [6.45, 7) is 3.45. The summed E-state index contributed by atoms with van der Waals surface area (Å²) in [7, 11) is 0. The molecule has 3 aliphatic rings. The van der Waals surface area contributed by atoms with Crippen molar-refractivity contribution in [3.05, 3.63) is 30.1 Å². The van der Waals surface area contributed by atoms with Crippen LogP contribution in [0.3, 0.4) is 0 Å². The van der Waals surface area contributed by atoms with Gasteiger partial charge in [0, 0.05) is 19.2 Å². The van der Waals surface area contributed by atoms with Gasteiger partial charge in [0.25, 0.3) is 5.91 Å². The highest BCUT2D eigenvalue weighted by molar-refractivity contribution is 6.01. The fraction of sp³-hybridized carbons (Fsp3) is 0.625. The minimum atomic E-state index is -0.980. The second-order valence-corrected chi connectivity index (χ2v) is 9.50. The highest BCUT2D eigenvalue weighted by atomic mass is 16.5. The van der Waals surface area contributed by atoms with Gasteiger partial charge in [-0.1, -0.05) is 37.8 Å². The Morgan fingerprint density at radius 2 is 1.94 bits per heavy atom. The van der Waals surface area contributed by atoms with E-state index in [0.29, 0.717) is 18.9 Å². The Labute approximate surface area is 183 Å². The molecule has 1 saturated heterocycles. The van der Waals surface area contributed by atoms with Gasteiger partial charge in [-0.3, -0.25) is 9.59 Å². The number of nitrogens with one attached hydrogen (secondary N) is 1. The lowest BCUT2D eigenvalue weighted by molar-refractivity contribution is -0.134. The fourth-order valence-corrected chi connectivity index (χ4v) is 5.37. The number of para-hydroxylation sites is 2. The maximum atomic E-state index is 13.7. The Kier molecular flexibility index (Phi) is 5.46. The average Bonchev–Trinajstić information content (AvgIpc) is 3.33. The Hall–Kier alpha value is -2.41. The van der Waals surface area contributed by atoms with Crippen molar-refractivity contribution in [2.24, 2.45) is 0 Å². The molecule has 166 valence electrons. The van der Waals surface area contributed by atoms with E-state index in [2.05, 4.69) is 10.3 Å². The van der Waals surface area contributed by atoms with Crippen molar-refractivity contribution in [3.8, 4) is 0 Å². The number of carbonyl (C=O) groups is 2. The number of imidazole rings is 1. The second kappa shape index (κ2) is 8.26. The number of hydrogen-bond acceptors (Lipinski definition) is 4. The van der Waals surface area contributed by atoms with Gasteiger partial charge in [0.2, 0.25) is 5.91 Å². The summed E-state index contributed by atoms with van der Waals surface area (Å²) in [5, 5.41) is 3.31. The van der Waals surface area contributed by atoms with Crippen LogP contribution in [0.5, 0.6) is 0 Å². The molecule has 5 rings (SSSR count). The van der Waals surface area contributed by atoms with Crippen LogP contribution in [-0.2, 0) is 16.1 Å². The highest BCUT2D eigenvalue weighted by Gasteiger charge is 2.49. The van der Waals surface area contributed by atoms with E-state index in [1.165, 1.54) is 12.8 Å². The number of amides is 2. The zero-order chi connectivity index (χ0) is 21.4. The van der Waals surface area contributed by atoms with Gasteiger partial charge in [0.05, 0.1) is 23.7 Å². The van der Waals surface area contributed by atoms with Crippen molar-refractivity contribution in [2.45, 2.75) is 82.5 Å². The molecular weight excluding hydrogens is 392 g/mol. The van der Waals surface area contributed by atoms with E-state index in [-0.39, 0.29) is 24.0 Å². The number of nitrogens with zero attached hydrogens (tertiary/aromatic N) is 3. The van der Waals surface area contributed by atoms with Crippen molar-refractivity contribution < 1.29 is 14.3 Å². The first kappa shape index (κ1) is 20.5. The van der Waals surface area contributed by atoms with E-state index < -0.39 is 5.54 Å². The standard InChI is InChI=1S/C24H32N4O3/c1-24(23(30)25-17-9-4-2-3-5-10-17)16-27-20-13-7-6-12-19(20)26-21(27)22(29)28(24)15-18-11-8-14-31-18/h6-7,12-13,17-18H,2-5,8-11,14-16H2,1H3,(H,25,30)/t18-,24-/m0/s1. The maximum Gasteiger partial charge on any atom is 0.290 e. The molecule has 2 fully saturated rings. The number of rotatable bonds is 4. The van der Waals surface area contributed by atoms with Crippen LogP contribution in [0.2, 0.25) is 0 Å². The lowest BCUT2D eigenvalue weighted by Gasteiger charge is -2.44. The molecule has 1 aromatic carbocycles. The van der Waals surface area contributed by atoms with E-state index in [0.717, 1.165) is 56.2 Å². The first-order valence-corrected chi connectivity index (χ1v) is 11.8. The van der Waals surface area contributed by atoms with Gasteiger partial charge < -0.3 is 19.5 Å². The van der Waals surface area contributed by atoms with Gasteiger partial charge in [0.1, 0.15) is 5.54 Å². The molecule has 1 aliphatic carbocycles. The normalized spacial score (nSPS) is 27.3. The van der Waals surface area contributed by atoms with Crippen LogP contribution >= 0.6 is 0 Å². The zero-order valence-corrected chi connectivity index (χ0v) is 18.3. The topological polar surface area (TPSA) is 76.5 Å². The zero-order valence-electron chi connectivity index (χ0n) is 18.3. The van der Waals surface area contributed by atoms with E-state index in [1.807, 2.05) is 35.8 Å². The molecule has 2 aromatic rings. The van der Waals surface area contributed by atoms with Crippen molar-refractivity contribution in [1.82, 2.24) is 19.8 Å². The van der Waals surface area contributed by atoms with Gasteiger partial charge >= 0.3 is 0 Å². The molecule has 1 saturated carbocycles. The monoisotopic (exact) mass is 424 g/mol. The van der Waals surface area contributed by atoms with E-state index in [9.17, 15) is 9.59 Å². The molecule has 7 heteroatoms. The van der Waals surface area contributed by atoms with Gasteiger partial charge in [0.15, 0.2) is 5.82 Å². The van der Waals surface area contributed by atoms with E-state index in [1.54, 1.807) is 4.90 Å². The molecule has 3 heterocycles. The molecule has 2 aliphatic heterocycles. The number of benzene rings is 1. The minimum Gasteiger partial charge on any atom is -0.376 e. The molecule has 31 heavy (non-hydrogen) atoms. The van der Waals surface area contributed by atoms with Crippen molar-refractivity contribution in [1.29, 1.82) is 0 Å². The quantitative estimate of drug-likeness (QED) is 0.765. The first-order valence-electron chi connectivity index (χ1n) is 11.8. The first-order chi connectivity index (χ1) is 15.1. The number of aromatic nitrogens is 2. The molecular formula is C24H32N4O3. The third-order valence-electron chi connectivity index (χ3n) is 7.24. The average molecular weight is 425 g/mol. The van der Waals surface area contributed by atoms with E-state index >= 15 is 0 Å². The van der Waals surface area contributed by atoms with E-state index in [4.69, 9.17) is 4.74 Å². The molecule has 0 bridgehead atoms. The van der Waals surface area contributed by atoms with Crippen molar-refractivity contribution in [3.63, 3.8) is 0 Å². The molecule has 2 amide bonds. The largest absolute Gasteiger partial charge is 0.376 e. The van der Waals surface area contributed by atoms with Gasteiger partial charge in [-0.25, -0.2) is 4.98 Å². The van der Waals surface area contributed by atoms with Gasteiger partial charge in [-0.2, -0.15) is 0 Å². The molecule has 1 aromatic heterocycles. The minimum absolute atomic E-state index is 0.0233. The maximum absolute atomic E-state index is 13.7. The van der Waals surface area contributed by atoms with Crippen LogP contribution in [-0.4, -0.2) is 57.1 Å². The number of carbonyl (C=O) groups excluding carboxylic acids is 2. The highest BCUT2D eigenvalue weighted by Crippen LogP contribution is 2.32. The Morgan fingerprint density at radius 1 is 1.16 bits per heavy atom. The number of fused-ring (bicyclic) bond motifs is 3. The SMILES string of the molecule is C[C@@]1(C(=O)NC2CCCCCC2)Cn2c(nc3ccccc32)C(=O)N1C[C@@H]1CCCO1. The summed E-state index contributed by atoms with van der Waals surface area (Å²) in [4.78, 5) is 33.7. The lowest BCUT2D eigenvalue weighted by Crippen LogP contribution is -2.66. The van der Waals surface area contributed by atoms with Crippen molar-refractivity contribution in [2.75, 3.05) is 13.2 Å². The summed E-state index contributed by atoms with van der Waals surface area (Å²) in [5.41, 5.74) is 0.707.